The van der Waals surface area contributed by atoms with Gasteiger partial charge >= 0.3 is 6.18 Å². The lowest BCUT2D eigenvalue weighted by Gasteiger charge is -2.28. The molecule has 1 aromatic heterocycles. The van der Waals surface area contributed by atoms with Crippen LogP contribution in [0.3, 0.4) is 0 Å². The minimum absolute atomic E-state index is 0.0455. The van der Waals surface area contributed by atoms with Crippen LogP contribution in [0.4, 0.5) is 24.7 Å². The van der Waals surface area contributed by atoms with Gasteiger partial charge in [0, 0.05) is 22.4 Å². The van der Waals surface area contributed by atoms with E-state index in [2.05, 4.69) is 20.8 Å². The number of nitrogens with one attached hydrogen (secondary N) is 3. The first-order chi connectivity index (χ1) is 18.5. The molecule has 0 aliphatic carbocycles. The average Bonchev–Trinajstić information content (AvgIpc) is 3.37. The number of aliphatic imine (C=N–C) groups is 1. The van der Waals surface area contributed by atoms with E-state index in [1.165, 1.54) is 12.1 Å². The first kappa shape index (κ1) is 23.5. The topological polar surface area (TPSA) is 65.1 Å². The van der Waals surface area contributed by atoms with Gasteiger partial charge in [-0.2, -0.15) is 18.3 Å². The zero-order valence-electron chi connectivity index (χ0n) is 20.0. The van der Waals surface area contributed by atoms with Crippen molar-refractivity contribution in [2.24, 2.45) is 4.99 Å². The normalized spacial score (nSPS) is 14.8. The van der Waals surface area contributed by atoms with Gasteiger partial charge in [0.05, 0.1) is 16.8 Å². The van der Waals surface area contributed by atoms with Crippen LogP contribution in [-0.4, -0.2) is 16.0 Å². The van der Waals surface area contributed by atoms with E-state index < -0.39 is 17.9 Å². The predicted molar refractivity (Wildman–Crippen MR) is 144 cm³/mol. The molecular weight excluding hydrogens is 487 g/mol. The molecule has 0 fully saturated rings. The molecule has 1 aliphatic heterocycles. The van der Waals surface area contributed by atoms with Crippen LogP contribution < -0.4 is 10.6 Å². The molecule has 1 atom stereocenters. The average molecular weight is 510 g/mol. The minimum Gasteiger partial charge on any atom is -0.359 e. The van der Waals surface area contributed by atoms with E-state index in [0.29, 0.717) is 17.3 Å². The molecule has 0 bridgehead atoms. The zero-order chi connectivity index (χ0) is 26.1. The lowest BCUT2D eigenvalue weighted by Crippen LogP contribution is -2.26. The quantitative estimate of drug-likeness (QED) is 0.232. The van der Waals surface area contributed by atoms with E-state index in [1.807, 2.05) is 84.9 Å². The first-order valence-corrected chi connectivity index (χ1v) is 12.0. The van der Waals surface area contributed by atoms with Gasteiger partial charge in [0.2, 0.25) is 0 Å². The third-order valence-corrected chi connectivity index (χ3v) is 6.42. The van der Waals surface area contributed by atoms with Crippen LogP contribution in [-0.2, 0) is 6.18 Å². The van der Waals surface area contributed by atoms with Gasteiger partial charge in [0.1, 0.15) is 12.0 Å². The highest BCUT2D eigenvalue weighted by Gasteiger charge is 2.36. The number of alkyl halides is 3. The standard InChI is InChI=1S/C30H22F3N5/c31-30(32,33)23-17-9-7-15-21(23)27-34-24-18-10-8-16-22(24)28(35-27)36-29-25(19-11-3-1-4-12-19)26(37-38-29)20-13-5-2-6-14-20/h1-18,27,34H,(H2,35,36,37,38). The van der Waals surface area contributed by atoms with Gasteiger partial charge < -0.3 is 10.6 Å². The van der Waals surface area contributed by atoms with Gasteiger partial charge in [-0.3, -0.25) is 5.10 Å². The molecule has 0 amide bonds. The highest BCUT2D eigenvalue weighted by molar-refractivity contribution is 6.14. The Bertz CT molecular complexity index is 1610. The fourth-order valence-corrected chi connectivity index (χ4v) is 4.68. The van der Waals surface area contributed by atoms with Crippen LogP contribution in [0.25, 0.3) is 22.4 Å². The maximum Gasteiger partial charge on any atom is 0.416 e. The summed E-state index contributed by atoms with van der Waals surface area (Å²) in [6, 6.07) is 32.5. The molecule has 188 valence electrons. The number of halogens is 3. The number of para-hydroxylation sites is 1. The Morgan fingerprint density at radius 3 is 2.08 bits per heavy atom. The summed E-state index contributed by atoms with van der Waals surface area (Å²) in [7, 11) is 0. The van der Waals surface area contributed by atoms with Gasteiger partial charge in [0.15, 0.2) is 5.82 Å². The summed E-state index contributed by atoms with van der Waals surface area (Å²) in [4.78, 5) is 4.72. The lowest BCUT2D eigenvalue weighted by molar-refractivity contribution is -0.138. The van der Waals surface area contributed by atoms with Gasteiger partial charge in [-0.15, -0.1) is 0 Å². The fraction of sp³-hybridized carbons (Fsp3) is 0.0667. The van der Waals surface area contributed by atoms with Gasteiger partial charge in [0.25, 0.3) is 0 Å². The molecule has 4 aromatic carbocycles. The molecule has 2 heterocycles. The van der Waals surface area contributed by atoms with Crippen molar-refractivity contribution in [1.29, 1.82) is 0 Å². The summed E-state index contributed by atoms with van der Waals surface area (Å²) in [5.41, 5.74) is 4.27. The number of rotatable bonds is 4. The van der Waals surface area contributed by atoms with Crippen LogP contribution in [0.1, 0.15) is 22.9 Å². The fourth-order valence-electron chi connectivity index (χ4n) is 4.68. The van der Waals surface area contributed by atoms with Gasteiger partial charge in [-0.05, 0) is 23.8 Å². The molecule has 0 radical (unpaired) electrons. The van der Waals surface area contributed by atoms with E-state index in [0.717, 1.165) is 34.0 Å². The Balaban J connectivity index is 1.48. The minimum atomic E-state index is -4.51. The second-order valence-electron chi connectivity index (χ2n) is 8.83. The Hall–Kier alpha value is -4.85. The van der Waals surface area contributed by atoms with E-state index in [9.17, 15) is 13.2 Å². The molecule has 1 unspecified atom stereocenters. The molecule has 0 spiro atoms. The molecule has 38 heavy (non-hydrogen) atoms. The van der Waals surface area contributed by atoms with Crippen LogP contribution in [0.2, 0.25) is 0 Å². The predicted octanol–water partition coefficient (Wildman–Crippen LogP) is 7.75. The van der Waals surface area contributed by atoms with E-state index in [-0.39, 0.29) is 5.56 Å². The van der Waals surface area contributed by atoms with E-state index in [4.69, 9.17) is 4.99 Å². The number of hydrogen-bond acceptors (Lipinski definition) is 4. The summed E-state index contributed by atoms with van der Waals surface area (Å²) in [6.07, 6.45) is -5.45. The first-order valence-electron chi connectivity index (χ1n) is 12.0. The Kier molecular flexibility index (Phi) is 5.92. The Morgan fingerprint density at radius 2 is 1.34 bits per heavy atom. The molecule has 6 rings (SSSR count). The highest BCUT2D eigenvalue weighted by atomic mass is 19.4. The summed E-state index contributed by atoms with van der Waals surface area (Å²) in [5.74, 6) is 0.943. The summed E-state index contributed by atoms with van der Waals surface area (Å²) in [6.45, 7) is 0. The van der Waals surface area contributed by atoms with Crippen molar-refractivity contribution in [2.45, 2.75) is 12.3 Å². The second-order valence-corrected chi connectivity index (χ2v) is 8.83. The molecule has 1 aliphatic rings. The lowest BCUT2D eigenvalue weighted by atomic mass is 10.00. The smallest absolute Gasteiger partial charge is 0.359 e. The number of anilines is 2. The monoisotopic (exact) mass is 509 g/mol. The van der Waals surface area contributed by atoms with Gasteiger partial charge in [-0.1, -0.05) is 91.0 Å². The van der Waals surface area contributed by atoms with Crippen molar-refractivity contribution < 1.29 is 13.2 Å². The third-order valence-electron chi connectivity index (χ3n) is 6.42. The Morgan fingerprint density at radius 1 is 0.711 bits per heavy atom. The molecular formula is C30H22F3N5. The Labute approximate surface area is 217 Å². The SMILES string of the molecule is FC(F)(F)c1ccccc1C1N=C(Nc2n[nH]c(-c3ccccc3)c2-c2ccccc2)c2ccccc2N1. The molecule has 3 N–H and O–H groups in total. The van der Waals surface area contributed by atoms with E-state index in [1.54, 1.807) is 6.07 Å². The van der Waals surface area contributed by atoms with Crippen molar-refractivity contribution in [3.8, 4) is 22.4 Å². The number of amidine groups is 1. The number of benzene rings is 4. The number of fused-ring (bicyclic) bond motifs is 1. The maximum atomic E-state index is 13.8. The summed E-state index contributed by atoms with van der Waals surface area (Å²) >= 11 is 0. The summed E-state index contributed by atoms with van der Waals surface area (Å²) in [5, 5.41) is 14.2. The van der Waals surface area contributed by atoms with Crippen molar-refractivity contribution in [2.75, 3.05) is 10.6 Å². The largest absolute Gasteiger partial charge is 0.416 e. The molecule has 0 saturated heterocycles. The zero-order valence-corrected chi connectivity index (χ0v) is 20.0. The number of hydrogen-bond donors (Lipinski definition) is 3. The van der Waals surface area contributed by atoms with Crippen LogP contribution in [0.15, 0.2) is 114 Å². The van der Waals surface area contributed by atoms with Crippen LogP contribution in [0, 0.1) is 0 Å². The molecule has 8 heteroatoms. The highest BCUT2D eigenvalue weighted by Crippen LogP contribution is 2.40. The molecule has 5 aromatic rings. The number of nitrogens with zero attached hydrogens (tertiary/aromatic N) is 2. The molecule has 5 nitrogen and oxygen atoms in total. The van der Waals surface area contributed by atoms with Crippen molar-refractivity contribution in [3.05, 3.63) is 126 Å². The third kappa shape index (κ3) is 4.41. The van der Waals surface area contributed by atoms with Crippen molar-refractivity contribution >= 4 is 17.3 Å². The summed E-state index contributed by atoms with van der Waals surface area (Å²) < 4.78 is 41.5. The van der Waals surface area contributed by atoms with E-state index >= 15 is 0 Å². The van der Waals surface area contributed by atoms with Crippen molar-refractivity contribution in [1.82, 2.24) is 10.2 Å². The van der Waals surface area contributed by atoms with Crippen LogP contribution >= 0.6 is 0 Å². The molecule has 0 saturated carbocycles. The number of aromatic amines is 1. The van der Waals surface area contributed by atoms with Crippen molar-refractivity contribution in [3.63, 3.8) is 0 Å². The number of H-pyrrole nitrogens is 1. The maximum absolute atomic E-state index is 13.8. The van der Waals surface area contributed by atoms with Gasteiger partial charge in [-0.25, -0.2) is 4.99 Å². The second kappa shape index (κ2) is 9.55. The number of aromatic nitrogens is 2. The van der Waals surface area contributed by atoms with Crippen LogP contribution in [0.5, 0.6) is 0 Å².